The molecule has 0 aliphatic carbocycles. The second-order valence-electron chi connectivity index (χ2n) is 6.10. The van der Waals surface area contributed by atoms with Crippen molar-refractivity contribution in [3.63, 3.8) is 0 Å². The molecule has 0 unspecified atom stereocenters. The molecule has 1 aromatic carbocycles. The van der Waals surface area contributed by atoms with Gasteiger partial charge in [0.05, 0.1) is 0 Å². The Bertz CT molecular complexity index is 782. The first kappa shape index (κ1) is 21.4. The summed E-state index contributed by atoms with van der Waals surface area (Å²) in [6.45, 7) is 1.10. The summed E-state index contributed by atoms with van der Waals surface area (Å²) in [5.41, 5.74) is 1.49. The molecule has 3 amide bonds. The summed E-state index contributed by atoms with van der Waals surface area (Å²) >= 11 is 5.78. The third-order valence-electron chi connectivity index (χ3n) is 3.89. The largest absolute Gasteiger partial charge is 0.356 e. The number of halogens is 1. The van der Waals surface area contributed by atoms with Crippen LogP contribution in [0, 0.1) is 0 Å². The molecule has 2 aromatic rings. The fourth-order valence-electron chi connectivity index (χ4n) is 2.35. The van der Waals surface area contributed by atoms with Crippen LogP contribution in [0.25, 0.3) is 0 Å². The van der Waals surface area contributed by atoms with Gasteiger partial charge in [0.25, 0.3) is 5.91 Å². The van der Waals surface area contributed by atoms with Crippen molar-refractivity contribution in [1.82, 2.24) is 20.9 Å². The van der Waals surface area contributed by atoms with Crippen molar-refractivity contribution >= 4 is 29.3 Å². The standard InChI is InChI=1S/C20H23ClN4O3/c21-17-5-3-16(4-6-17)20(28)24-10-1-2-18(26)23-13-9-19(27)25-14-15-7-11-22-12-8-15/h3-8,11-12H,1-2,9-10,13-14H2,(H,23,26)(H,24,28)(H,25,27). The van der Waals surface area contributed by atoms with Gasteiger partial charge in [-0.3, -0.25) is 19.4 Å². The van der Waals surface area contributed by atoms with Crippen LogP contribution < -0.4 is 16.0 Å². The Morgan fingerprint density at radius 2 is 1.50 bits per heavy atom. The van der Waals surface area contributed by atoms with E-state index in [1.54, 1.807) is 36.7 Å². The predicted octanol–water partition coefficient (Wildman–Crippen LogP) is 2.07. The van der Waals surface area contributed by atoms with Crippen LogP contribution in [0.3, 0.4) is 0 Å². The van der Waals surface area contributed by atoms with Gasteiger partial charge in [0.2, 0.25) is 11.8 Å². The van der Waals surface area contributed by atoms with E-state index in [2.05, 4.69) is 20.9 Å². The number of carbonyl (C=O) groups is 3. The highest BCUT2D eigenvalue weighted by Gasteiger charge is 2.07. The first-order valence-electron chi connectivity index (χ1n) is 9.00. The second-order valence-corrected chi connectivity index (χ2v) is 6.53. The Balaban J connectivity index is 1.52. The molecule has 0 fully saturated rings. The van der Waals surface area contributed by atoms with E-state index in [1.165, 1.54) is 0 Å². The van der Waals surface area contributed by atoms with Crippen LogP contribution in [0.1, 0.15) is 35.2 Å². The van der Waals surface area contributed by atoms with E-state index in [-0.39, 0.29) is 37.1 Å². The van der Waals surface area contributed by atoms with Crippen LogP contribution in [0.4, 0.5) is 0 Å². The number of aromatic nitrogens is 1. The molecule has 0 atom stereocenters. The summed E-state index contributed by atoms with van der Waals surface area (Å²) in [5.74, 6) is -0.488. The van der Waals surface area contributed by atoms with Crippen molar-refractivity contribution < 1.29 is 14.4 Å². The lowest BCUT2D eigenvalue weighted by Gasteiger charge is -2.08. The molecule has 0 spiro atoms. The first-order chi connectivity index (χ1) is 13.5. The zero-order valence-corrected chi connectivity index (χ0v) is 16.2. The summed E-state index contributed by atoms with van der Waals surface area (Å²) in [4.78, 5) is 39.4. The van der Waals surface area contributed by atoms with Gasteiger partial charge in [-0.25, -0.2) is 0 Å². The normalized spacial score (nSPS) is 10.2. The number of hydrogen-bond acceptors (Lipinski definition) is 4. The second kappa shape index (κ2) is 11.7. The Morgan fingerprint density at radius 3 is 2.21 bits per heavy atom. The van der Waals surface area contributed by atoms with Crippen molar-refractivity contribution in [2.24, 2.45) is 0 Å². The van der Waals surface area contributed by atoms with Gasteiger partial charge in [-0.2, -0.15) is 0 Å². The fourth-order valence-corrected chi connectivity index (χ4v) is 2.47. The number of nitrogens with one attached hydrogen (secondary N) is 3. The van der Waals surface area contributed by atoms with Gasteiger partial charge in [0.1, 0.15) is 0 Å². The van der Waals surface area contributed by atoms with Crippen LogP contribution in [0.2, 0.25) is 5.02 Å². The van der Waals surface area contributed by atoms with Crippen molar-refractivity contribution in [2.45, 2.75) is 25.8 Å². The number of hydrogen-bond donors (Lipinski definition) is 3. The van der Waals surface area contributed by atoms with Crippen LogP contribution in [-0.4, -0.2) is 35.8 Å². The Labute approximate surface area is 168 Å². The number of benzene rings is 1. The number of amides is 3. The Morgan fingerprint density at radius 1 is 0.821 bits per heavy atom. The lowest BCUT2D eigenvalue weighted by Crippen LogP contribution is -2.31. The molecule has 148 valence electrons. The number of pyridine rings is 1. The highest BCUT2D eigenvalue weighted by molar-refractivity contribution is 6.30. The maximum absolute atomic E-state index is 11.9. The lowest BCUT2D eigenvalue weighted by molar-refractivity contribution is -0.122. The first-order valence-corrected chi connectivity index (χ1v) is 9.38. The fraction of sp³-hybridized carbons (Fsp3) is 0.300. The van der Waals surface area contributed by atoms with Gasteiger partial charge in [-0.15, -0.1) is 0 Å². The topological polar surface area (TPSA) is 100 Å². The molecule has 2 rings (SSSR count). The molecule has 0 aliphatic rings. The molecule has 1 aromatic heterocycles. The van der Waals surface area contributed by atoms with Crippen LogP contribution >= 0.6 is 11.6 Å². The zero-order valence-electron chi connectivity index (χ0n) is 15.4. The maximum atomic E-state index is 11.9. The van der Waals surface area contributed by atoms with E-state index in [0.717, 1.165) is 5.56 Å². The highest BCUT2D eigenvalue weighted by Crippen LogP contribution is 2.09. The summed E-state index contributed by atoms with van der Waals surface area (Å²) in [5, 5.41) is 8.80. The molecule has 0 aliphatic heterocycles. The minimum absolute atomic E-state index is 0.132. The third-order valence-corrected chi connectivity index (χ3v) is 4.14. The summed E-state index contributed by atoms with van der Waals surface area (Å²) in [6.07, 6.45) is 4.34. The van der Waals surface area contributed by atoms with Gasteiger partial charge >= 0.3 is 0 Å². The highest BCUT2D eigenvalue weighted by atomic mass is 35.5. The zero-order chi connectivity index (χ0) is 20.2. The average molecular weight is 403 g/mol. The van der Waals surface area contributed by atoms with Gasteiger partial charge in [-0.1, -0.05) is 11.6 Å². The lowest BCUT2D eigenvalue weighted by atomic mass is 10.2. The molecule has 28 heavy (non-hydrogen) atoms. The minimum Gasteiger partial charge on any atom is -0.356 e. The summed E-state index contributed by atoms with van der Waals surface area (Å²) < 4.78 is 0. The number of carbonyl (C=O) groups excluding carboxylic acids is 3. The maximum Gasteiger partial charge on any atom is 0.251 e. The van der Waals surface area contributed by atoms with Crippen molar-refractivity contribution in [3.8, 4) is 0 Å². The van der Waals surface area contributed by atoms with E-state index >= 15 is 0 Å². The molecular formula is C20H23ClN4O3. The molecular weight excluding hydrogens is 380 g/mol. The molecule has 0 saturated carbocycles. The molecule has 8 heteroatoms. The van der Waals surface area contributed by atoms with Gasteiger partial charge in [0, 0.05) is 55.5 Å². The van der Waals surface area contributed by atoms with E-state index in [9.17, 15) is 14.4 Å². The molecule has 1 heterocycles. The van der Waals surface area contributed by atoms with E-state index in [1.807, 2.05) is 12.1 Å². The van der Waals surface area contributed by atoms with E-state index < -0.39 is 0 Å². The van der Waals surface area contributed by atoms with Gasteiger partial charge in [0.15, 0.2) is 0 Å². The molecule has 7 nitrogen and oxygen atoms in total. The minimum atomic E-state index is -0.206. The number of rotatable bonds is 10. The van der Waals surface area contributed by atoms with E-state index in [4.69, 9.17) is 11.6 Å². The van der Waals surface area contributed by atoms with E-state index in [0.29, 0.717) is 30.1 Å². The van der Waals surface area contributed by atoms with Crippen LogP contribution in [0.15, 0.2) is 48.8 Å². The molecule has 0 radical (unpaired) electrons. The molecule has 0 bridgehead atoms. The SMILES string of the molecule is O=C(CCCNC(=O)c1ccc(Cl)cc1)NCCC(=O)NCc1ccncc1. The smallest absolute Gasteiger partial charge is 0.251 e. The van der Waals surface area contributed by atoms with Crippen molar-refractivity contribution in [2.75, 3.05) is 13.1 Å². The van der Waals surface area contributed by atoms with Crippen molar-refractivity contribution in [1.29, 1.82) is 0 Å². The predicted molar refractivity (Wildman–Crippen MR) is 107 cm³/mol. The van der Waals surface area contributed by atoms with Gasteiger partial charge in [-0.05, 0) is 48.4 Å². The number of nitrogens with zero attached hydrogens (tertiary/aromatic N) is 1. The average Bonchev–Trinajstić information content (AvgIpc) is 2.71. The Hall–Kier alpha value is -2.93. The third kappa shape index (κ3) is 8.18. The summed E-state index contributed by atoms with van der Waals surface area (Å²) in [7, 11) is 0. The Kier molecular flexibility index (Phi) is 8.94. The monoisotopic (exact) mass is 402 g/mol. The quantitative estimate of drug-likeness (QED) is 0.529. The van der Waals surface area contributed by atoms with Crippen LogP contribution in [0.5, 0.6) is 0 Å². The molecule has 0 saturated heterocycles. The van der Waals surface area contributed by atoms with Gasteiger partial charge < -0.3 is 16.0 Å². The van der Waals surface area contributed by atoms with Crippen molar-refractivity contribution in [3.05, 3.63) is 64.9 Å². The summed E-state index contributed by atoms with van der Waals surface area (Å²) in [6, 6.07) is 10.2. The van der Waals surface area contributed by atoms with Crippen LogP contribution in [-0.2, 0) is 16.1 Å². The molecule has 3 N–H and O–H groups in total.